The molecule has 3 fully saturated rings. The second-order valence-electron chi connectivity index (χ2n) is 6.45. The van der Waals surface area contributed by atoms with Gasteiger partial charge in [0.05, 0.1) is 12.2 Å². The van der Waals surface area contributed by atoms with Crippen molar-refractivity contribution < 1.29 is 9.84 Å². The average molecular weight is 224 g/mol. The zero-order chi connectivity index (χ0) is 11.2. The highest BCUT2D eigenvalue weighted by molar-refractivity contribution is 5.00. The van der Waals surface area contributed by atoms with Crippen molar-refractivity contribution in [3.8, 4) is 0 Å². The van der Waals surface area contributed by atoms with Crippen LogP contribution in [0.4, 0.5) is 0 Å². The molecule has 4 unspecified atom stereocenters. The molecule has 3 saturated carbocycles. The van der Waals surface area contributed by atoms with Crippen molar-refractivity contribution in [2.45, 2.75) is 50.5 Å². The minimum absolute atomic E-state index is 0.496. The maximum atomic E-state index is 10.7. The van der Waals surface area contributed by atoms with Gasteiger partial charge in [-0.2, -0.15) is 0 Å². The lowest BCUT2D eigenvalue weighted by Gasteiger charge is -2.33. The van der Waals surface area contributed by atoms with Crippen LogP contribution in [0.15, 0.2) is 0 Å². The summed E-state index contributed by atoms with van der Waals surface area (Å²) in [5.74, 6) is 3.24. The van der Waals surface area contributed by atoms with Gasteiger partial charge in [-0.3, -0.25) is 0 Å². The van der Waals surface area contributed by atoms with Crippen LogP contribution in [-0.4, -0.2) is 24.4 Å². The van der Waals surface area contributed by atoms with E-state index in [2.05, 4.69) is 0 Å². The number of hydrogen-bond acceptors (Lipinski definition) is 2. The van der Waals surface area contributed by atoms with Gasteiger partial charge in [0.25, 0.3) is 0 Å². The SMILES string of the molecule is COCC(O)(CC1CC2CCC1C2)C1CC1. The van der Waals surface area contributed by atoms with E-state index in [1.807, 2.05) is 0 Å². The van der Waals surface area contributed by atoms with Gasteiger partial charge in [-0.15, -0.1) is 0 Å². The molecule has 0 aromatic carbocycles. The zero-order valence-electron chi connectivity index (χ0n) is 10.3. The van der Waals surface area contributed by atoms with Gasteiger partial charge in [0, 0.05) is 7.11 Å². The van der Waals surface area contributed by atoms with Crippen LogP contribution in [0.1, 0.15) is 44.9 Å². The first kappa shape index (κ1) is 11.0. The summed E-state index contributed by atoms with van der Waals surface area (Å²) in [6.45, 7) is 0.547. The Morgan fingerprint density at radius 1 is 1.19 bits per heavy atom. The van der Waals surface area contributed by atoms with Gasteiger partial charge in [-0.25, -0.2) is 0 Å². The smallest absolute Gasteiger partial charge is 0.0910 e. The van der Waals surface area contributed by atoms with E-state index in [9.17, 15) is 5.11 Å². The summed E-state index contributed by atoms with van der Waals surface area (Å²) in [7, 11) is 1.72. The first-order valence-corrected chi connectivity index (χ1v) is 6.92. The Bertz CT molecular complexity index is 261. The Morgan fingerprint density at radius 3 is 2.50 bits per heavy atom. The molecule has 4 atom stereocenters. The zero-order valence-corrected chi connectivity index (χ0v) is 10.3. The first-order valence-electron chi connectivity index (χ1n) is 6.92. The molecule has 0 spiro atoms. The van der Waals surface area contributed by atoms with E-state index < -0.39 is 5.60 Å². The van der Waals surface area contributed by atoms with Crippen LogP contribution in [0, 0.1) is 23.7 Å². The van der Waals surface area contributed by atoms with Gasteiger partial charge < -0.3 is 9.84 Å². The van der Waals surface area contributed by atoms with E-state index >= 15 is 0 Å². The summed E-state index contributed by atoms with van der Waals surface area (Å²) in [6.07, 6.45) is 9.12. The molecule has 0 radical (unpaired) electrons. The molecular weight excluding hydrogens is 200 g/mol. The summed E-state index contributed by atoms with van der Waals surface area (Å²) < 4.78 is 5.25. The maximum Gasteiger partial charge on any atom is 0.0910 e. The van der Waals surface area contributed by atoms with E-state index in [0.717, 1.165) is 24.2 Å². The summed E-state index contributed by atoms with van der Waals surface area (Å²) in [4.78, 5) is 0. The van der Waals surface area contributed by atoms with Crippen LogP contribution >= 0.6 is 0 Å². The number of hydrogen-bond donors (Lipinski definition) is 1. The number of methoxy groups -OCH3 is 1. The predicted molar refractivity (Wildman–Crippen MR) is 63.1 cm³/mol. The molecule has 16 heavy (non-hydrogen) atoms. The highest BCUT2D eigenvalue weighted by atomic mass is 16.5. The molecule has 0 heterocycles. The van der Waals surface area contributed by atoms with Crippen LogP contribution in [0.5, 0.6) is 0 Å². The number of ether oxygens (including phenoxy) is 1. The van der Waals surface area contributed by atoms with Crippen LogP contribution in [0.25, 0.3) is 0 Å². The Morgan fingerprint density at radius 2 is 2.00 bits per heavy atom. The summed E-state index contributed by atoms with van der Waals surface area (Å²) >= 11 is 0. The molecule has 92 valence electrons. The van der Waals surface area contributed by atoms with Gasteiger partial charge in [0.15, 0.2) is 0 Å². The lowest BCUT2D eigenvalue weighted by Crippen LogP contribution is -2.39. The van der Waals surface area contributed by atoms with E-state index in [-0.39, 0.29) is 0 Å². The van der Waals surface area contributed by atoms with E-state index in [0.29, 0.717) is 12.5 Å². The molecule has 0 saturated heterocycles. The molecule has 2 heteroatoms. The monoisotopic (exact) mass is 224 g/mol. The number of rotatable bonds is 5. The third-order valence-corrected chi connectivity index (χ3v) is 5.23. The van der Waals surface area contributed by atoms with Crippen molar-refractivity contribution in [1.29, 1.82) is 0 Å². The second-order valence-corrected chi connectivity index (χ2v) is 6.45. The molecule has 2 nitrogen and oxygen atoms in total. The van der Waals surface area contributed by atoms with Crippen LogP contribution < -0.4 is 0 Å². The molecule has 3 rings (SSSR count). The Labute approximate surface area is 98.4 Å². The Kier molecular flexibility index (Phi) is 2.75. The molecule has 0 aromatic heterocycles. The van der Waals surface area contributed by atoms with Gasteiger partial charge in [0.1, 0.15) is 0 Å². The topological polar surface area (TPSA) is 29.5 Å². The van der Waals surface area contributed by atoms with Crippen molar-refractivity contribution in [2.24, 2.45) is 23.7 Å². The standard InChI is InChI=1S/C14H24O2/c1-16-9-14(15,13-4-5-13)8-12-7-10-2-3-11(12)6-10/h10-13,15H,2-9H2,1H3. The fourth-order valence-electron chi connectivity index (χ4n) is 4.29. The summed E-state index contributed by atoms with van der Waals surface area (Å²) in [5, 5.41) is 10.7. The molecular formula is C14H24O2. The lowest BCUT2D eigenvalue weighted by atomic mass is 9.78. The highest BCUT2D eigenvalue weighted by Crippen LogP contribution is 2.53. The normalized spacial score (nSPS) is 41.2. The number of fused-ring (bicyclic) bond motifs is 2. The predicted octanol–water partition coefficient (Wildman–Crippen LogP) is 2.60. The average Bonchev–Trinajstić information content (AvgIpc) is 2.93. The molecule has 0 amide bonds. The lowest BCUT2D eigenvalue weighted by molar-refractivity contribution is -0.0684. The first-order chi connectivity index (χ1) is 7.71. The Hall–Kier alpha value is -0.0800. The van der Waals surface area contributed by atoms with E-state index in [1.54, 1.807) is 7.11 Å². The second kappa shape index (κ2) is 3.99. The molecule has 0 aliphatic heterocycles. The third-order valence-electron chi connectivity index (χ3n) is 5.23. The van der Waals surface area contributed by atoms with Crippen LogP contribution in [-0.2, 0) is 4.74 Å². The molecule has 1 N–H and O–H groups in total. The van der Waals surface area contributed by atoms with Gasteiger partial charge in [-0.05, 0) is 62.2 Å². The van der Waals surface area contributed by atoms with Crippen LogP contribution in [0.2, 0.25) is 0 Å². The largest absolute Gasteiger partial charge is 0.387 e. The van der Waals surface area contributed by atoms with Gasteiger partial charge in [0.2, 0.25) is 0 Å². The van der Waals surface area contributed by atoms with Crippen molar-refractivity contribution in [3.63, 3.8) is 0 Å². The van der Waals surface area contributed by atoms with Crippen LogP contribution in [0.3, 0.4) is 0 Å². The van der Waals surface area contributed by atoms with Gasteiger partial charge >= 0.3 is 0 Å². The van der Waals surface area contributed by atoms with E-state index in [4.69, 9.17) is 4.74 Å². The van der Waals surface area contributed by atoms with Crippen molar-refractivity contribution in [3.05, 3.63) is 0 Å². The molecule has 2 bridgehead atoms. The van der Waals surface area contributed by atoms with Crippen molar-refractivity contribution >= 4 is 0 Å². The minimum Gasteiger partial charge on any atom is -0.387 e. The minimum atomic E-state index is -0.496. The number of aliphatic hydroxyl groups is 1. The fraction of sp³-hybridized carbons (Fsp3) is 1.00. The summed E-state index contributed by atoms with van der Waals surface area (Å²) in [5.41, 5.74) is -0.496. The van der Waals surface area contributed by atoms with E-state index in [1.165, 1.54) is 38.5 Å². The summed E-state index contributed by atoms with van der Waals surface area (Å²) in [6, 6.07) is 0. The van der Waals surface area contributed by atoms with Gasteiger partial charge in [-0.1, -0.05) is 6.42 Å². The molecule has 3 aliphatic rings. The highest BCUT2D eigenvalue weighted by Gasteiger charge is 2.49. The fourth-order valence-corrected chi connectivity index (χ4v) is 4.29. The van der Waals surface area contributed by atoms with Crippen molar-refractivity contribution in [1.82, 2.24) is 0 Å². The quantitative estimate of drug-likeness (QED) is 0.778. The molecule has 3 aliphatic carbocycles. The maximum absolute atomic E-state index is 10.7. The Balaban J connectivity index is 1.63. The molecule has 0 aromatic rings. The van der Waals surface area contributed by atoms with Crippen molar-refractivity contribution in [2.75, 3.05) is 13.7 Å². The third kappa shape index (κ3) is 1.91.